The van der Waals surface area contributed by atoms with Crippen LogP contribution in [0.4, 0.5) is 46.0 Å². The molecule has 35 heteroatoms. The number of anilines is 8. The molecule has 7 aromatic heterocycles. The lowest BCUT2D eigenvalue weighted by Gasteiger charge is -2.14. The number of carboxylic acids is 1. The summed E-state index contributed by atoms with van der Waals surface area (Å²) in [7, 11) is 3.14. The highest BCUT2D eigenvalue weighted by Crippen LogP contribution is 2.43. The van der Waals surface area contributed by atoms with Gasteiger partial charge >= 0.3 is 5.97 Å². The van der Waals surface area contributed by atoms with Crippen molar-refractivity contribution in [1.29, 1.82) is 0 Å². The fourth-order valence-corrected chi connectivity index (χ4v) is 11.9. The molecule has 0 unspecified atom stereocenters. The van der Waals surface area contributed by atoms with E-state index in [1.807, 2.05) is 31.2 Å². The minimum Gasteiger partial charge on any atom is -0.497 e. The van der Waals surface area contributed by atoms with E-state index >= 15 is 0 Å². The Morgan fingerprint density at radius 1 is 0.437 bits per heavy atom. The molecule has 0 aliphatic rings. The van der Waals surface area contributed by atoms with Gasteiger partial charge in [0.1, 0.15) is 40.3 Å². The number of aromatic amines is 1. The maximum atomic E-state index is 11.8. The largest absolute Gasteiger partial charge is 0.497 e. The van der Waals surface area contributed by atoms with Crippen LogP contribution >= 0.6 is 92.8 Å². The second kappa shape index (κ2) is 35.6. The number of carboxylic acid groups (broad SMARTS) is 1. The number of hydroxylamine groups is 3. The summed E-state index contributed by atoms with van der Waals surface area (Å²) in [4.78, 5) is 70.6. The van der Waals surface area contributed by atoms with E-state index in [9.17, 15) is 24.3 Å². The van der Waals surface area contributed by atoms with Crippen LogP contribution in [0.15, 0.2) is 176 Å². The molecule has 0 aliphatic heterocycles. The van der Waals surface area contributed by atoms with E-state index in [1.54, 1.807) is 124 Å². The van der Waals surface area contributed by atoms with Crippen LogP contribution in [0, 0.1) is 13.8 Å². The Morgan fingerprint density at radius 2 is 0.816 bits per heavy atom. The van der Waals surface area contributed by atoms with Crippen molar-refractivity contribution in [3.63, 3.8) is 0 Å². The highest BCUT2D eigenvalue weighted by atomic mass is 35.5. The summed E-state index contributed by atoms with van der Waals surface area (Å²) in [6.07, 6.45) is 13.9. The van der Waals surface area contributed by atoms with Crippen LogP contribution < -0.4 is 47.2 Å². The molecule has 103 heavy (non-hydrogen) atoms. The number of halogens is 8. The predicted molar refractivity (Wildman–Crippen MR) is 393 cm³/mol. The Bertz CT molecular complexity index is 4950. The van der Waals surface area contributed by atoms with E-state index in [0.717, 1.165) is 50.2 Å². The van der Waals surface area contributed by atoms with Crippen molar-refractivity contribution in [3.05, 3.63) is 245 Å². The normalized spacial score (nSPS) is 10.5. The number of carbonyl (C=O) groups excluding carboxylic acids is 3. The minimum atomic E-state index is -1.11. The van der Waals surface area contributed by atoms with E-state index in [-0.39, 0.29) is 45.7 Å². The average molecular weight is 1550 g/mol. The van der Waals surface area contributed by atoms with Crippen LogP contribution in [0.25, 0.3) is 44.5 Å². The highest BCUT2D eigenvalue weighted by Gasteiger charge is 2.23. The van der Waals surface area contributed by atoms with Gasteiger partial charge in [0.25, 0.3) is 17.7 Å². The first-order chi connectivity index (χ1) is 49.5. The van der Waals surface area contributed by atoms with Gasteiger partial charge in [-0.1, -0.05) is 98.0 Å². The van der Waals surface area contributed by atoms with Crippen LogP contribution in [-0.4, -0.2) is 104 Å². The molecule has 0 fully saturated rings. The van der Waals surface area contributed by atoms with Gasteiger partial charge in [0.2, 0.25) is 0 Å². The first-order valence-electron chi connectivity index (χ1n) is 29.4. The minimum absolute atomic E-state index is 0.0104. The van der Waals surface area contributed by atoms with Crippen LogP contribution in [-0.2, 0) is 0 Å². The molecule has 526 valence electrons. The summed E-state index contributed by atoms with van der Waals surface area (Å²) in [5.74, 6) is -0.748. The number of carbonyl (C=O) groups is 4. The van der Waals surface area contributed by atoms with Crippen LogP contribution in [0.3, 0.4) is 0 Å². The molecule has 7 heterocycles. The Hall–Kier alpha value is -10.9. The van der Waals surface area contributed by atoms with Gasteiger partial charge < -0.3 is 40.4 Å². The van der Waals surface area contributed by atoms with E-state index in [0.29, 0.717) is 80.2 Å². The number of nitrogens with zero attached hydrogens (tertiary/aromatic N) is 8. The van der Waals surface area contributed by atoms with Gasteiger partial charge in [-0.2, -0.15) is 5.10 Å². The van der Waals surface area contributed by atoms with Gasteiger partial charge in [0, 0.05) is 66.8 Å². The Morgan fingerprint density at radius 3 is 1.21 bits per heavy atom. The Kier molecular flexibility index (Phi) is 26.4. The highest BCUT2D eigenvalue weighted by molar-refractivity contribution is 6.42. The summed E-state index contributed by atoms with van der Waals surface area (Å²) in [6.45, 7) is 3.63. The fourth-order valence-electron chi connectivity index (χ4n) is 9.53. The van der Waals surface area contributed by atoms with E-state index in [2.05, 4.69) is 66.5 Å². The maximum absolute atomic E-state index is 11.8. The van der Waals surface area contributed by atoms with Gasteiger partial charge in [-0.05, 0) is 156 Å². The van der Waals surface area contributed by atoms with Crippen molar-refractivity contribution in [3.8, 4) is 56.0 Å². The number of aryl methyl sites for hydroxylation is 2. The monoisotopic (exact) mass is 1550 g/mol. The first-order valence-corrected chi connectivity index (χ1v) is 32.4. The fraction of sp³-hybridized carbons (Fsp3) is 0.0588. The van der Waals surface area contributed by atoms with Gasteiger partial charge in [0.15, 0.2) is 11.5 Å². The second-order valence-corrected chi connectivity index (χ2v) is 24.1. The lowest BCUT2D eigenvalue weighted by molar-refractivity contribution is 0.0691. The second-order valence-electron chi connectivity index (χ2n) is 20.9. The van der Waals surface area contributed by atoms with Crippen molar-refractivity contribution in [2.24, 2.45) is 0 Å². The average Bonchev–Trinajstić information content (AvgIpc) is 1.58. The number of rotatable bonds is 18. The first kappa shape index (κ1) is 76.3. The van der Waals surface area contributed by atoms with Crippen molar-refractivity contribution < 1.29 is 53.9 Å². The summed E-state index contributed by atoms with van der Waals surface area (Å²) >= 11 is 51.0. The number of H-pyrrole nitrogens is 1. The summed E-state index contributed by atoms with van der Waals surface area (Å²) in [6, 6.07) is 32.0. The van der Waals surface area contributed by atoms with Gasteiger partial charge in [-0.25, -0.2) is 46.2 Å². The zero-order chi connectivity index (χ0) is 74.0. The quantitative estimate of drug-likeness (QED) is 0.0280. The van der Waals surface area contributed by atoms with Crippen molar-refractivity contribution in [2.75, 3.05) is 35.5 Å². The number of aromatic nitrogens is 9. The van der Waals surface area contributed by atoms with E-state index in [1.165, 1.54) is 60.7 Å². The Labute approximate surface area is 624 Å². The molecule has 0 atom stereocenters. The number of hydrogen-bond donors (Lipinski definition) is 12. The summed E-state index contributed by atoms with van der Waals surface area (Å²) in [5.41, 5.74) is 13.6. The topological polar surface area (TPSA) is 384 Å². The van der Waals surface area contributed by atoms with Gasteiger partial charge in [-0.3, -0.25) is 40.1 Å². The smallest absolute Gasteiger partial charge is 0.339 e. The number of hydrogen-bond acceptors (Lipinski definition) is 22. The zero-order valence-corrected chi connectivity index (χ0v) is 59.5. The van der Waals surface area contributed by atoms with E-state index < -0.39 is 23.7 Å². The molecule has 5 aromatic carbocycles. The summed E-state index contributed by atoms with van der Waals surface area (Å²) < 4.78 is 15.8. The molecule has 12 rings (SSSR count). The maximum Gasteiger partial charge on any atom is 0.339 e. The molecule has 12 aromatic rings. The molecule has 0 radical (unpaired) electrons. The van der Waals surface area contributed by atoms with Gasteiger partial charge in [0.05, 0.1) is 100 Å². The molecular formula is C68H52Cl8N16O11. The van der Waals surface area contributed by atoms with Crippen LogP contribution in [0.1, 0.15) is 53.0 Å². The third-order valence-electron chi connectivity index (χ3n) is 14.4. The SMILES string of the molecule is COc1cc(OC)cc(-c2cc(Cl)c(Nc3ncccc3C(=O)O)c(Cl)c2)c1.Cc1noc(C)c1-c1cc(Cl)c(Nc2ncccc2C(=O)NO)c(Cl)c1.O=C(NO)c1cccnc1Nc1c(Cl)cc(-c2ccncc2)cc1Cl.O=C(NO)c1nccnc1Nc1c(Cl)cc(-c2cn[nH]c2)cc1Cl. The number of methoxy groups -OCH3 is 2. The number of nitrogens with one attached hydrogen (secondary N) is 8. The zero-order valence-electron chi connectivity index (χ0n) is 53.4. The molecule has 3 amide bonds. The molecule has 0 spiro atoms. The molecular weight excluding hydrogens is 1500 g/mol. The van der Waals surface area contributed by atoms with Crippen LogP contribution in [0.2, 0.25) is 40.2 Å². The third-order valence-corrected chi connectivity index (χ3v) is 16.7. The number of aromatic carboxylic acids is 1. The third kappa shape index (κ3) is 19.0. The molecule has 0 aliphatic carbocycles. The number of ether oxygens (including phenoxy) is 2. The lowest BCUT2D eigenvalue weighted by Crippen LogP contribution is -2.21. The van der Waals surface area contributed by atoms with E-state index in [4.69, 9.17) is 122 Å². The number of benzene rings is 5. The Balaban J connectivity index is 0.000000160. The molecule has 0 bridgehead atoms. The van der Waals surface area contributed by atoms with Crippen LogP contribution in [0.5, 0.6) is 11.5 Å². The lowest BCUT2D eigenvalue weighted by atomic mass is 10.0. The van der Waals surface area contributed by atoms with Gasteiger partial charge in [-0.15, -0.1) is 0 Å². The van der Waals surface area contributed by atoms with Crippen molar-refractivity contribution >= 4 is 163 Å². The molecule has 27 nitrogen and oxygen atoms in total. The van der Waals surface area contributed by atoms with Crippen molar-refractivity contribution in [1.82, 2.24) is 61.7 Å². The molecule has 0 saturated carbocycles. The molecule has 0 saturated heterocycles. The predicted octanol–water partition coefficient (Wildman–Crippen LogP) is 17.4. The number of amides is 3. The number of pyridine rings is 4. The van der Waals surface area contributed by atoms with Crippen molar-refractivity contribution in [2.45, 2.75) is 13.8 Å². The standard InChI is InChI=1S/C20H16Cl2N2O4.C17H14Cl2N4O3.C17H12Cl2N4O2.C14H10Cl2N6O2/c1-27-13-6-11(7-14(10-13)28-2)12-8-16(21)18(17(22)9-12)24-19-15(20(25)26)4-3-5-23-19;1-8-14(9(2)26-23-8)10-6-12(18)15(13(19)7-10)21-16-11(17(24)22-25)4-3-5-20-16;18-13-8-11(10-3-6-20-7-4-10)9-14(19)15(13)22-16-12(17(24)23-25)2-1-5-21-16;15-9-3-7(8-5-19-20-6-8)4-10(16)11(9)21-13-12(14(23)22-24)17-1-2-18-13/h3-10H,1-2H3,(H,23,24)(H,25,26);3-7,25H,1-2H3,(H,20,21)(H,22,24);1-9,25H,(H,21,22)(H,23,24);1-6,24H,(H,18,21)(H,19,20)(H,22,23). The molecule has 12 N–H and O–H groups in total. The summed E-state index contributed by atoms with van der Waals surface area (Å²) in [5, 5.41) is 60.6.